The fourth-order valence-electron chi connectivity index (χ4n) is 2.62. The summed E-state index contributed by atoms with van der Waals surface area (Å²) in [6, 6.07) is 4.04. The minimum atomic E-state index is 0. The molecule has 0 spiro atoms. The van der Waals surface area contributed by atoms with Crippen molar-refractivity contribution in [1.29, 1.82) is 0 Å². The summed E-state index contributed by atoms with van der Waals surface area (Å²) in [5.41, 5.74) is 0. The molecule has 2 fully saturated rings. The topological polar surface area (TPSA) is 24.7 Å². The first-order valence-corrected chi connectivity index (χ1v) is 6.60. The van der Waals surface area contributed by atoms with Gasteiger partial charge in [-0.05, 0) is 25.7 Å². The summed E-state index contributed by atoms with van der Waals surface area (Å²) in [6.07, 6.45) is 13.2. The van der Waals surface area contributed by atoms with Crippen LogP contribution in [0.2, 0.25) is 0 Å². The Morgan fingerprint density at radius 2 is 1.00 bits per heavy atom. The second-order valence-corrected chi connectivity index (χ2v) is 4.94. The Morgan fingerprint density at radius 3 is 1.38 bits per heavy atom. The van der Waals surface area contributed by atoms with E-state index in [2.05, 4.69) is 16.0 Å². The fraction of sp³-hybridized carbons (Fsp3) is 0.923. The van der Waals surface area contributed by atoms with E-state index >= 15 is 0 Å². The van der Waals surface area contributed by atoms with Gasteiger partial charge in [0, 0.05) is 0 Å². The SMILES string of the molecule is C(=NC1CCCCC1)=NC1CCCCC1.[PbH2]. The molecule has 16 heavy (non-hydrogen) atoms. The van der Waals surface area contributed by atoms with E-state index in [-0.39, 0.29) is 27.3 Å². The minimum absolute atomic E-state index is 0. The average molecular weight is 416 g/mol. The molecule has 3 heteroatoms. The molecule has 0 heterocycles. The van der Waals surface area contributed by atoms with E-state index in [1.54, 1.807) is 0 Å². The quantitative estimate of drug-likeness (QED) is 0.490. The first kappa shape index (κ1) is 14.4. The molecule has 2 aliphatic rings. The van der Waals surface area contributed by atoms with Crippen molar-refractivity contribution in [3.8, 4) is 0 Å². The molecule has 2 nitrogen and oxygen atoms in total. The van der Waals surface area contributed by atoms with Crippen molar-refractivity contribution in [3.05, 3.63) is 0 Å². The summed E-state index contributed by atoms with van der Waals surface area (Å²) in [7, 11) is 0. The van der Waals surface area contributed by atoms with Crippen LogP contribution in [0, 0.1) is 0 Å². The van der Waals surface area contributed by atoms with Crippen LogP contribution in [0.1, 0.15) is 64.2 Å². The Morgan fingerprint density at radius 1 is 0.625 bits per heavy atom. The molecule has 0 aromatic rings. The molecule has 0 amide bonds. The first-order valence-electron chi connectivity index (χ1n) is 6.60. The van der Waals surface area contributed by atoms with Gasteiger partial charge in [0.2, 0.25) is 0 Å². The number of hydrogen-bond donors (Lipinski definition) is 0. The van der Waals surface area contributed by atoms with E-state index in [4.69, 9.17) is 0 Å². The summed E-state index contributed by atoms with van der Waals surface area (Å²) < 4.78 is 0. The van der Waals surface area contributed by atoms with Crippen LogP contribution in [-0.4, -0.2) is 45.4 Å². The molecular formula is C13H24N2Pb. The molecule has 0 unspecified atom stereocenters. The second kappa shape index (κ2) is 8.40. The maximum absolute atomic E-state index is 4.46. The van der Waals surface area contributed by atoms with Gasteiger partial charge >= 0.3 is 27.3 Å². The van der Waals surface area contributed by atoms with E-state index in [1.165, 1.54) is 64.2 Å². The molecule has 2 saturated carbocycles. The summed E-state index contributed by atoms with van der Waals surface area (Å²) in [5, 5.41) is 0. The summed E-state index contributed by atoms with van der Waals surface area (Å²) in [5.74, 6) is 0. The van der Waals surface area contributed by atoms with Gasteiger partial charge in [0.1, 0.15) is 0 Å². The van der Waals surface area contributed by atoms with Crippen LogP contribution in [0.25, 0.3) is 0 Å². The third-order valence-corrected chi connectivity index (χ3v) is 3.63. The van der Waals surface area contributed by atoms with Gasteiger partial charge in [-0.25, -0.2) is 9.98 Å². The standard InChI is InChI=1S/C13H22N2.Pb.2H/c1-3-7-12(8-4-1)14-11-15-13-9-5-2-6-10-13;;;/h12-13H,1-10H2;;;. The summed E-state index contributed by atoms with van der Waals surface area (Å²) in [4.78, 5) is 8.92. The Hall–Kier alpha value is 0.302. The second-order valence-electron chi connectivity index (χ2n) is 4.94. The Balaban J connectivity index is 0.00000128. The van der Waals surface area contributed by atoms with Crippen LogP contribution in [0.3, 0.4) is 0 Å². The molecule has 0 aromatic carbocycles. The van der Waals surface area contributed by atoms with Crippen molar-refractivity contribution in [3.63, 3.8) is 0 Å². The van der Waals surface area contributed by atoms with Gasteiger partial charge in [-0.3, -0.25) is 0 Å². The van der Waals surface area contributed by atoms with E-state index in [1.807, 2.05) is 0 Å². The molecule has 0 bridgehead atoms. The zero-order valence-corrected chi connectivity index (χ0v) is 15.8. The number of hydrogen-bond acceptors (Lipinski definition) is 2. The molecule has 0 aromatic heterocycles. The molecule has 0 atom stereocenters. The van der Waals surface area contributed by atoms with Crippen LogP contribution in [-0.2, 0) is 0 Å². The zero-order valence-electron chi connectivity index (χ0n) is 10.3. The third kappa shape index (κ3) is 5.09. The number of nitrogens with zero attached hydrogens (tertiary/aromatic N) is 2. The molecule has 2 rings (SSSR count). The van der Waals surface area contributed by atoms with Crippen molar-refractivity contribution in [2.75, 3.05) is 0 Å². The van der Waals surface area contributed by atoms with Crippen molar-refractivity contribution >= 4 is 33.3 Å². The van der Waals surface area contributed by atoms with Gasteiger partial charge in [-0.2, -0.15) is 0 Å². The van der Waals surface area contributed by atoms with Crippen molar-refractivity contribution in [2.24, 2.45) is 9.98 Å². The molecule has 0 saturated heterocycles. The van der Waals surface area contributed by atoms with Crippen LogP contribution in [0.4, 0.5) is 0 Å². The Bertz CT molecular complexity index is 212. The van der Waals surface area contributed by atoms with E-state index in [9.17, 15) is 0 Å². The van der Waals surface area contributed by atoms with Crippen LogP contribution in [0.5, 0.6) is 0 Å². The molecule has 2 radical (unpaired) electrons. The Kier molecular flexibility index (Phi) is 7.54. The van der Waals surface area contributed by atoms with Gasteiger partial charge in [0.15, 0.2) is 0 Å². The van der Waals surface area contributed by atoms with Crippen molar-refractivity contribution < 1.29 is 0 Å². The average Bonchev–Trinajstić information content (AvgIpc) is 2.32. The number of aliphatic imine (C=N–C) groups is 2. The van der Waals surface area contributed by atoms with Gasteiger partial charge in [0.05, 0.1) is 18.1 Å². The van der Waals surface area contributed by atoms with Gasteiger partial charge < -0.3 is 0 Å². The zero-order chi connectivity index (χ0) is 10.3. The van der Waals surface area contributed by atoms with Crippen LogP contribution in [0.15, 0.2) is 9.98 Å². The van der Waals surface area contributed by atoms with Crippen LogP contribution < -0.4 is 0 Å². The van der Waals surface area contributed by atoms with Crippen molar-refractivity contribution in [1.82, 2.24) is 0 Å². The molecular weight excluding hydrogens is 391 g/mol. The predicted octanol–water partition coefficient (Wildman–Crippen LogP) is 2.91. The molecule has 90 valence electrons. The molecule has 0 N–H and O–H groups in total. The Labute approximate surface area is 119 Å². The van der Waals surface area contributed by atoms with Gasteiger partial charge in [0.25, 0.3) is 0 Å². The monoisotopic (exact) mass is 416 g/mol. The van der Waals surface area contributed by atoms with Gasteiger partial charge in [-0.1, -0.05) is 38.5 Å². The predicted molar refractivity (Wildman–Crippen MR) is 72.2 cm³/mol. The summed E-state index contributed by atoms with van der Waals surface area (Å²) in [6.45, 7) is 0. The van der Waals surface area contributed by atoms with Crippen molar-refractivity contribution in [2.45, 2.75) is 76.3 Å². The number of rotatable bonds is 2. The van der Waals surface area contributed by atoms with E-state index in [0.29, 0.717) is 12.1 Å². The first-order chi connectivity index (χ1) is 7.45. The van der Waals surface area contributed by atoms with Gasteiger partial charge in [-0.15, -0.1) is 0 Å². The van der Waals surface area contributed by atoms with Crippen LogP contribution >= 0.6 is 0 Å². The molecule has 0 aliphatic heterocycles. The normalized spacial score (nSPS) is 23.0. The molecule has 2 aliphatic carbocycles. The fourth-order valence-corrected chi connectivity index (χ4v) is 2.62. The van der Waals surface area contributed by atoms with E-state index < -0.39 is 0 Å². The third-order valence-electron chi connectivity index (χ3n) is 3.63. The van der Waals surface area contributed by atoms with E-state index in [0.717, 1.165) is 0 Å². The maximum atomic E-state index is 4.46. The summed E-state index contributed by atoms with van der Waals surface area (Å²) >= 11 is 0.